The van der Waals surface area contributed by atoms with Crippen LogP contribution in [0.1, 0.15) is 187 Å². The number of piperidine rings is 1. The van der Waals surface area contributed by atoms with Gasteiger partial charge in [-0.15, -0.1) is 0 Å². The van der Waals surface area contributed by atoms with Gasteiger partial charge in [0.1, 0.15) is 0 Å². The molecule has 47 heavy (non-hydrogen) atoms. The number of ether oxygens (including phenoxy) is 2. The predicted octanol–water partition coefficient (Wildman–Crippen LogP) is 10.3. The summed E-state index contributed by atoms with van der Waals surface area (Å²) >= 11 is 0. The first-order valence-corrected chi connectivity index (χ1v) is 20.9. The van der Waals surface area contributed by atoms with E-state index in [0.29, 0.717) is 6.61 Å². The SMILES string of the molecule is CCCCCCCCC(CCCCCCCC)C(=O)OCCCCCCCN(CCCCCCCOC)CCCN1CCC(O)CC1. The van der Waals surface area contributed by atoms with Gasteiger partial charge in [0.15, 0.2) is 0 Å². The minimum atomic E-state index is -0.0830. The molecule has 0 radical (unpaired) electrons. The summed E-state index contributed by atoms with van der Waals surface area (Å²) in [5, 5.41) is 9.81. The van der Waals surface area contributed by atoms with E-state index >= 15 is 0 Å². The van der Waals surface area contributed by atoms with Crippen LogP contribution in [0.15, 0.2) is 0 Å². The fourth-order valence-electron chi connectivity index (χ4n) is 7.09. The van der Waals surface area contributed by atoms with Crippen molar-refractivity contribution in [2.24, 2.45) is 5.92 Å². The van der Waals surface area contributed by atoms with Gasteiger partial charge in [-0.1, -0.05) is 129 Å². The molecule has 1 N–H and O–H groups in total. The molecule has 0 unspecified atom stereocenters. The Balaban J connectivity index is 2.27. The first kappa shape index (κ1) is 44.3. The number of hydrogen-bond donors (Lipinski definition) is 1. The van der Waals surface area contributed by atoms with Crippen LogP contribution >= 0.6 is 0 Å². The molecular weight excluding hydrogens is 584 g/mol. The van der Waals surface area contributed by atoms with E-state index < -0.39 is 0 Å². The predicted molar refractivity (Wildman–Crippen MR) is 201 cm³/mol. The highest BCUT2D eigenvalue weighted by molar-refractivity contribution is 5.72. The van der Waals surface area contributed by atoms with Gasteiger partial charge in [0, 0.05) is 26.8 Å². The van der Waals surface area contributed by atoms with Crippen molar-refractivity contribution in [3.05, 3.63) is 0 Å². The zero-order chi connectivity index (χ0) is 34.0. The van der Waals surface area contributed by atoms with E-state index in [0.717, 1.165) is 64.8 Å². The van der Waals surface area contributed by atoms with E-state index in [1.54, 1.807) is 7.11 Å². The lowest BCUT2D eigenvalue weighted by molar-refractivity contribution is -0.149. The van der Waals surface area contributed by atoms with Gasteiger partial charge in [0.05, 0.1) is 18.6 Å². The molecule has 0 aromatic rings. The smallest absolute Gasteiger partial charge is 0.308 e. The van der Waals surface area contributed by atoms with Crippen LogP contribution in [0.5, 0.6) is 0 Å². The molecule has 0 amide bonds. The van der Waals surface area contributed by atoms with Gasteiger partial charge < -0.3 is 24.4 Å². The second-order valence-corrected chi connectivity index (χ2v) is 14.8. The Labute approximate surface area is 293 Å². The van der Waals surface area contributed by atoms with Crippen LogP contribution in [0.4, 0.5) is 0 Å². The Hall–Kier alpha value is -0.690. The third kappa shape index (κ3) is 27.8. The summed E-state index contributed by atoms with van der Waals surface area (Å²) < 4.78 is 11.0. The summed E-state index contributed by atoms with van der Waals surface area (Å²) in [5.41, 5.74) is 0. The van der Waals surface area contributed by atoms with Crippen LogP contribution in [0.2, 0.25) is 0 Å². The molecule has 1 saturated heterocycles. The van der Waals surface area contributed by atoms with Gasteiger partial charge in [-0.05, 0) is 84.0 Å². The number of methoxy groups -OCH3 is 1. The standard InChI is InChI=1S/C41H82N2O4/c1-4-6-8-10-14-20-27-39(28-21-15-11-9-7-5-2)41(45)47-38-25-19-13-17-23-32-42(31-22-16-12-18-24-37-46-3)33-26-34-43-35-29-40(44)30-36-43/h39-40,44H,4-38H2,1-3H3. The second-order valence-electron chi connectivity index (χ2n) is 14.8. The third-order valence-corrected chi connectivity index (χ3v) is 10.3. The summed E-state index contributed by atoms with van der Waals surface area (Å²) in [6.07, 6.45) is 32.8. The summed E-state index contributed by atoms with van der Waals surface area (Å²) in [6.45, 7) is 12.9. The van der Waals surface area contributed by atoms with Crippen molar-refractivity contribution in [2.45, 2.75) is 193 Å². The first-order valence-electron chi connectivity index (χ1n) is 20.9. The van der Waals surface area contributed by atoms with E-state index in [4.69, 9.17) is 9.47 Å². The number of rotatable bonds is 35. The minimum Gasteiger partial charge on any atom is -0.465 e. The number of carbonyl (C=O) groups is 1. The second kappa shape index (κ2) is 33.8. The lowest BCUT2D eigenvalue weighted by Gasteiger charge is -2.30. The van der Waals surface area contributed by atoms with Gasteiger partial charge >= 0.3 is 5.97 Å². The van der Waals surface area contributed by atoms with Crippen LogP contribution in [0.25, 0.3) is 0 Å². The number of esters is 1. The van der Waals surface area contributed by atoms with E-state index in [1.165, 1.54) is 154 Å². The first-order chi connectivity index (χ1) is 23.1. The summed E-state index contributed by atoms with van der Waals surface area (Å²) in [4.78, 5) is 18.3. The largest absolute Gasteiger partial charge is 0.465 e. The lowest BCUT2D eigenvalue weighted by Crippen LogP contribution is -2.38. The average Bonchev–Trinajstić information content (AvgIpc) is 3.08. The Morgan fingerprint density at radius 1 is 0.638 bits per heavy atom. The van der Waals surface area contributed by atoms with Crippen LogP contribution in [0, 0.1) is 5.92 Å². The Morgan fingerprint density at radius 3 is 1.62 bits per heavy atom. The molecule has 0 atom stereocenters. The maximum atomic E-state index is 13.0. The van der Waals surface area contributed by atoms with Crippen LogP contribution in [-0.4, -0.2) is 86.6 Å². The Bertz CT molecular complexity index is 639. The monoisotopic (exact) mass is 667 g/mol. The number of aliphatic hydroxyl groups is 1. The number of likely N-dealkylation sites (tertiary alicyclic amines) is 1. The normalized spacial score (nSPS) is 14.5. The molecule has 0 aromatic heterocycles. The van der Waals surface area contributed by atoms with Crippen LogP contribution in [0.3, 0.4) is 0 Å². The fourth-order valence-corrected chi connectivity index (χ4v) is 7.09. The molecular formula is C41H82N2O4. The molecule has 6 heteroatoms. The molecule has 0 saturated carbocycles. The highest BCUT2D eigenvalue weighted by atomic mass is 16.5. The van der Waals surface area contributed by atoms with Gasteiger partial charge in [-0.3, -0.25) is 4.79 Å². The molecule has 0 spiro atoms. The Morgan fingerprint density at radius 2 is 1.09 bits per heavy atom. The van der Waals surface area contributed by atoms with E-state index in [9.17, 15) is 9.90 Å². The molecule has 1 heterocycles. The molecule has 1 rings (SSSR count). The molecule has 280 valence electrons. The topological polar surface area (TPSA) is 62.2 Å². The van der Waals surface area contributed by atoms with Crippen LogP contribution in [-0.2, 0) is 14.3 Å². The van der Waals surface area contributed by atoms with Gasteiger partial charge in [-0.25, -0.2) is 0 Å². The maximum Gasteiger partial charge on any atom is 0.308 e. The van der Waals surface area contributed by atoms with Gasteiger partial charge in [0.2, 0.25) is 0 Å². The van der Waals surface area contributed by atoms with Crippen molar-refractivity contribution in [3.63, 3.8) is 0 Å². The molecule has 0 aromatic carbocycles. The zero-order valence-corrected chi connectivity index (χ0v) is 32.0. The van der Waals surface area contributed by atoms with Crippen molar-refractivity contribution in [1.29, 1.82) is 0 Å². The van der Waals surface area contributed by atoms with E-state index in [1.807, 2.05) is 0 Å². The molecule has 0 bridgehead atoms. The van der Waals surface area contributed by atoms with Crippen molar-refractivity contribution < 1.29 is 19.4 Å². The fraction of sp³-hybridized carbons (Fsp3) is 0.976. The minimum absolute atomic E-state index is 0.0830. The van der Waals surface area contributed by atoms with Crippen molar-refractivity contribution in [1.82, 2.24) is 9.80 Å². The molecule has 6 nitrogen and oxygen atoms in total. The number of carbonyl (C=O) groups excluding carboxylic acids is 1. The zero-order valence-electron chi connectivity index (χ0n) is 32.0. The van der Waals surface area contributed by atoms with Crippen molar-refractivity contribution in [2.75, 3.05) is 59.6 Å². The number of aliphatic hydroxyl groups excluding tert-OH is 1. The lowest BCUT2D eigenvalue weighted by atomic mass is 9.94. The summed E-state index contributed by atoms with van der Waals surface area (Å²) in [7, 11) is 1.80. The number of nitrogens with zero attached hydrogens (tertiary/aromatic N) is 2. The van der Waals surface area contributed by atoms with Crippen LogP contribution < -0.4 is 0 Å². The summed E-state index contributed by atoms with van der Waals surface area (Å²) in [6, 6.07) is 0. The number of hydrogen-bond acceptors (Lipinski definition) is 6. The highest BCUT2D eigenvalue weighted by Crippen LogP contribution is 2.21. The quantitative estimate of drug-likeness (QED) is 0.0537. The van der Waals surface area contributed by atoms with Gasteiger partial charge in [0.25, 0.3) is 0 Å². The van der Waals surface area contributed by atoms with Crippen molar-refractivity contribution >= 4 is 5.97 Å². The summed E-state index contributed by atoms with van der Waals surface area (Å²) in [5.74, 6) is 0.201. The Kier molecular flexibility index (Phi) is 31.9. The van der Waals surface area contributed by atoms with E-state index in [-0.39, 0.29) is 18.0 Å². The molecule has 1 fully saturated rings. The number of unbranched alkanes of at least 4 members (excludes halogenated alkanes) is 18. The molecule has 1 aliphatic heterocycles. The molecule has 0 aliphatic carbocycles. The molecule has 1 aliphatic rings. The van der Waals surface area contributed by atoms with E-state index in [2.05, 4.69) is 23.6 Å². The third-order valence-electron chi connectivity index (χ3n) is 10.3. The van der Waals surface area contributed by atoms with Gasteiger partial charge in [-0.2, -0.15) is 0 Å². The van der Waals surface area contributed by atoms with Crippen molar-refractivity contribution in [3.8, 4) is 0 Å². The maximum absolute atomic E-state index is 13.0. The average molecular weight is 667 g/mol. The highest BCUT2D eigenvalue weighted by Gasteiger charge is 2.19.